The van der Waals surface area contributed by atoms with Crippen LogP contribution in [0.1, 0.15) is 59.5 Å². The predicted octanol–water partition coefficient (Wildman–Crippen LogP) is 3.52. The molecular weight excluding hydrogens is 454 g/mol. The van der Waals surface area contributed by atoms with Gasteiger partial charge in [0, 0.05) is 24.7 Å². The summed E-state index contributed by atoms with van der Waals surface area (Å²) in [6.45, 7) is 4.07. The van der Waals surface area contributed by atoms with Crippen LogP contribution in [-0.2, 0) is 7.05 Å². The van der Waals surface area contributed by atoms with E-state index in [1.54, 1.807) is 6.33 Å². The summed E-state index contributed by atoms with van der Waals surface area (Å²) in [5, 5.41) is 8.11. The summed E-state index contributed by atoms with van der Waals surface area (Å²) in [4.78, 5) is 29.3. The molecule has 1 aliphatic carbocycles. The van der Waals surface area contributed by atoms with Gasteiger partial charge in [0.2, 0.25) is 0 Å². The van der Waals surface area contributed by atoms with Crippen molar-refractivity contribution in [2.24, 2.45) is 12.8 Å². The minimum absolute atomic E-state index is 0.119. The Labute approximate surface area is 209 Å². The number of carbonyl (C=O) groups excluding carboxylic acids is 1. The Morgan fingerprint density at radius 1 is 1.11 bits per heavy atom. The zero-order valence-electron chi connectivity index (χ0n) is 20.9. The Bertz CT molecular complexity index is 1460. The van der Waals surface area contributed by atoms with Crippen LogP contribution < -0.4 is 11.1 Å². The first-order valence-corrected chi connectivity index (χ1v) is 12.5. The third-order valence-corrected chi connectivity index (χ3v) is 7.36. The van der Waals surface area contributed by atoms with Crippen LogP contribution in [0.25, 0.3) is 22.3 Å². The fourth-order valence-electron chi connectivity index (χ4n) is 5.07. The number of nitrogens with two attached hydrogens (primary N) is 1. The lowest BCUT2D eigenvalue weighted by Crippen LogP contribution is -2.31. The highest BCUT2D eigenvalue weighted by Gasteiger charge is 2.32. The van der Waals surface area contributed by atoms with Gasteiger partial charge in [0.1, 0.15) is 0 Å². The zero-order valence-corrected chi connectivity index (χ0v) is 20.9. The van der Waals surface area contributed by atoms with E-state index in [2.05, 4.69) is 22.2 Å². The molecule has 4 aromatic rings. The fraction of sp³-hybridized carbons (Fsp3) is 0.423. The molecule has 0 spiro atoms. The number of benzene rings is 1. The van der Waals surface area contributed by atoms with Gasteiger partial charge < -0.3 is 20.5 Å². The van der Waals surface area contributed by atoms with Crippen LogP contribution in [0.5, 0.6) is 0 Å². The minimum atomic E-state index is -0.623. The molecule has 1 amide bonds. The lowest BCUT2D eigenvalue weighted by Gasteiger charge is -2.28. The number of piperidine rings is 1. The van der Waals surface area contributed by atoms with E-state index in [1.807, 2.05) is 47.6 Å². The molecule has 0 bridgehead atoms. The molecule has 10 heteroatoms. The van der Waals surface area contributed by atoms with Crippen molar-refractivity contribution < 1.29 is 4.79 Å². The van der Waals surface area contributed by atoms with Crippen LogP contribution in [0.4, 0.5) is 11.5 Å². The van der Waals surface area contributed by atoms with Crippen LogP contribution in [0.2, 0.25) is 0 Å². The number of imidazole rings is 1. The summed E-state index contributed by atoms with van der Waals surface area (Å²) >= 11 is 0. The molecule has 0 atom stereocenters. The Balaban J connectivity index is 1.41. The van der Waals surface area contributed by atoms with Crippen LogP contribution >= 0.6 is 0 Å². The third-order valence-electron chi connectivity index (χ3n) is 7.36. The van der Waals surface area contributed by atoms with E-state index < -0.39 is 5.91 Å². The first kappa shape index (κ1) is 22.7. The Morgan fingerprint density at radius 2 is 1.89 bits per heavy atom. The standard InChI is InChI=1S/C26H31N9O/c1-15-19(13-35(32-15)17-9-11-33(2)12-10-17)29-26-24(25(27)36)30-23(21(31-26)16-7-8-16)18-5-4-6-20-22(18)28-14-34(20)3/h4-6,13-14,16-17H,7-12H2,1-3H3,(H2,27,36)(H,29,31). The number of hydrogen-bond acceptors (Lipinski definition) is 7. The summed E-state index contributed by atoms with van der Waals surface area (Å²) in [5.41, 5.74) is 11.9. The molecule has 1 aliphatic heterocycles. The molecule has 6 rings (SSSR count). The van der Waals surface area contributed by atoms with Crippen LogP contribution in [0, 0.1) is 6.92 Å². The molecule has 0 radical (unpaired) electrons. The van der Waals surface area contributed by atoms with Crippen molar-refractivity contribution in [2.75, 3.05) is 25.5 Å². The van der Waals surface area contributed by atoms with E-state index >= 15 is 0 Å². The molecule has 10 nitrogen and oxygen atoms in total. The van der Waals surface area contributed by atoms with Gasteiger partial charge in [-0.05, 0) is 58.8 Å². The maximum Gasteiger partial charge on any atom is 0.271 e. The van der Waals surface area contributed by atoms with Gasteiger partial charge in [0.15, 0.2) is 11.5 Å². The van der Waals surface area contributed by atoms with Gasteiger partial charge in [0.05, 0.1) is 46.2 Å². The monoisotopic (exact) mass is 485 g/mol. The summed E-state index contributed by atoms with van der Waals surface area (Å²) in [5.74, 6) is 0.0616. The molecule has 2 aliphatic rings. The number of rotatable bonds is 6. The fourth-order valence-corrected chi connectivity index (χ4v) is 5.07. The molecule has 36 heavy (non-hydrogen) atoms. The summed E-state index contributed by atoms with van der Waals surface area (Å²) in [7, 11) is 4.11. The van der Waals surface area contributed by atoms with Crippen molar-refractivity contribution in [3.05, 3.63) is 47.8 Å². The average Bonchev–Trinajstić information content (AvgIpc) is 3.56. The van der Waals surface area contributed by atoms with Gasteiger partial charge in [-0.15, -0.1) is 0 Å². The maximum absolute atomic E-state index is 12.6. The van der Waals surface area contributed by atoms with Crippen LogP contribution in [0.3, 0.4) is 0 Å². The van der Waals surface area contributed by atoms with E-state index in [0.717, 1.165) is 72.4 Å². The van der Waals surface area contributed by atoms with Gasteiger partial charge >= 0.3 is 0 Å². The summed E-state index contributed by atoms with van der Waals surface area (Å²) < 4.78 is 4.01. The number of primary amides is 1. The number of aryl methyl sites for hydroxylation is 2. The Kier molecular flexibility index (Phi) is 5.48. The predicted molar refractivity (Wildman–Crippen MR) is 138 cm³/mol. The van der Waals surface area contributed by atoms with Crippen molar-refractivity contribution in [2.45, 2.75) is 44.6 Å². The first-order valence-electron chi connectivity index (χ1n) is 12.5. The van der Waals surface area contributed by atoms with Crippen molar-refractivity contribution in [3.8, 4) is 11.3 Å². The van der Waals surface area contributed by atoms with E-state index in [1.165, 1.54) is 0 Å². The second kappa shape index (κ2) is 8.70. The highest BCUT2D eigenvalue weighted by atomic mass is 16.1. The number of para-hydroxylation sites is 1. The second-order valence-corrected chi connectivity index (χ2v) is 10.1. The number of nitrogens with zero attached hydrogens (tertiary/aromatic N) is 7. The lowest BCUT2D eigenvalue weighted by atomic mass is 10.0. The third kappa shape index (κ3) is 4.01. The minimum Gasteiger partial charge on any atom is -0.364 e. The van der Waals surface area contributed by atoms with E-state index in [4.69, 9.17) is 20.8 Å². The Morgan fingerprint density at radius 3 is 2.61 bits per heavy atom. The first-order chi connectivity index (χ1) is 17.4. The largest absolute Gasteiger partial charge is 0.364 e. The molecule has 1 saturated heterocycles. The molecular formula is C26H31N9O. The number of hydrogen-bond donors (Lipinski definition) is 2. The molecule has 4 heterocycles. The maximum atomic E-state index is 12.6. The molecule has 186 valence electrons. The highest BCUT2D eigenvalue weighted by Crippen LogP contribution is 2.44. The van der Waals surface area contributed by atoms with Gasteiger partial charge in [-0.1, -0.05) is 12.1 Å². The van der Waals surface area contributed by atoms with Crippen molar-refractivity contribution >= 4 is 28.4 Å². The summed E-state index contributed by atoms with van der Waals surface area (Å²) in [6.07, 6.45) is 8.00. The number of likely N-dealkylation sites (tertiary alicyclic amines) is 1. The zero-order chi connectivity index (χ0) is 25.0. The molecule has 0 unspecified atom stereocenters. The lowest BCUT2D eigenvalue weighted by molar-refractivity contribution is 0.0996. The number of carbonyl (C=O) groups is 1. The number of aromatic nitrogens is 6. The van der Waals surface area contributed by atoms with Crippen molar-refractivity contribution in [1.82, 2.24) is 34.2 Å². The van der Waals surface area contributed by atoms with Crippen LogP contribution in [0.15, 0.2) is 30.7 Å². The quantitative estimate of drug-likeness (QED) is 0.429. The van der Waals surface area contributed by atoms with Crippen LogP contribution in [-0.4, -0.2) is 60.2 Å². The smallest absolute Gasteiger partial charge is 0.271 e. The second-order valence-electron chi connectivity index (χ2n) is 10.1. The molecule has 1 saturated carbocycles. The van der Waals surface area contributed by atoms with Gasteiger partial charge in [-0.25, -0.2) is 15.0 Å². The molecule has 2 fully saturated rings. The Hall–Kier alpha value is -3.79. The van der Waals surface area contributed by atoms with E-state index in [-0.39, 0.29) is 5.69 Å². The van der Waals surface area contributed by atoms with E-state index in [0.29, 0.717) is 23.5 Å². The molecule has 3 aromatic heterocycles. The topological polar surface area (TPSA) is 120 Å². The molecule has 1 aromatic carbocycles. The van der Waals surface area contributed by atoms with Crippen molar-refractivity contribution in [1.29, 1.82) is 0 Å². The van der Waals surface area contributed by atoms with E-state index in [9.17, 15) is 4.79 Å². The molecule has 3 N–H and O–H groups in total. The van der Waals surface area contributed by atoms with Crippen molar-refractivity contribution in [3.63, 3.8) is 0 Å². The number of nitrogens with one attached hydrogen (secondary N) is 1. The normalized spacial score (nSPS) is 17.1. The van der Waals surface area contributed by atoms with Gasteiger partial charge in [0.25, 0.3) is 5.91 Å². The highest BCUT2D eigenvalue weighted by molar-refractivity contribution is 5.98. The summed E-state index contributed by atoms with van der Waals surface area (Å²) in [6, 6.07) is 6.35. The number of amides is 1. The number of anilines is 2. The van der Waals surface area contributed by atoms with Gasteiger partial charge in [-0.3, -0.25) is 9.48 Å². The average molecular weight is 486 g/mol. The van der Waals surface area contributed by atoms with Gasteiger partial charge in [-0.2, -0.15) is 5.10 Å². The SMILES string of the molecule is Cc1nn(C2CCN(C)CC2)cc1Nc1nc(C2CC2)c(-c2cccc3c2ncn3C)nc1C(N)=O. The number of fused-ring (bicyclic) bond motifs is 1.